The minimum absolute atomic E-state index is 0.106. The van der Waals surface area contributed by atoms with Gasteiger partial charge in [-0.1, -0.05) is 27.7 Å². The highest BCUT2D eigenvalue weighted by atomic mass is 16.2. The van der Waals surface area contributed by atoms with Crippen LogP contribution in [0, 0.1) is 10.8 Å². The van der Waals surface area contributed by atoms with E-state index in [0.717, 1.165) is 19.3 Å². The van der Waals surface area contributed by atoms with E-state index in [1.165, 1.54) is 0 Å². The summed E-state index contributed by atoms with van der Waals surface area (Å²) in [7, 11) is 0. The largest absolute Gasteiger partial charge is 0.370 e. The van der Waals surface area contributed by atoms with Crippen molar-refractivity contribution in [2.45, 2.75) is 65.5 Å². The summed E-state index contributed by atoms with van der Waals surface area (Å²) in [5.74, 6) is -0.829. The number of amides is 2. The summed E-state index contributed by atoms with van der Waals surface area (Å²) in [6.45, 7) is 8.87. The molecular weight excluding hydrogens is 242 g/mol. The van der Waals surface area contributed by atoms with Crippen LogP contribution in [-0.2, 0) is 9.59 Å². The molecule has 1 fully saturated rings. The Morgan fingerprint density at radius 2 is 1.68 bits per heavy atom. The Bertz CT molecular complexity index is 348. The van der Waals surface area contributed by atoms with Crippen molar-refractivity contribution in [2.24, 2.45) is 22.3 Å². The minimum Gasteiger partial charge on any atom is -0.370 e. The van der Waals surface area contributed by atoms with Crippen molar-refractivity contribution in [2.75, 3.05) is 0 Å². The average Bonchev–Trinajstić information content (AvgIpc) is 2.10. The summed E-state index contributed by atoms with van der Waals surface area (Å²) in [6, 6.07) is -0.726. The van der Waals surface area contributed by atoms with Crippen LogP contribution >= 0.6 is 0 Å². The lowest BCUT2D eigenvalue weighted by Gasteiger charge is -2.45. The molecule has 1 rings (SSSR count). The van der Waals surface area contributed by atoms with Crippen LogP contribution in [0.2, 0.25) is 0 Å². The van der Waals surface area contributed by atoms with Crippen LogP contribution in [0.3, 0.4) is 0 Å². The zero-order valence-corrected chi connectivity index (χ0v) is 12.5. The Hall–Kier alpha value is -1.10. The molecule has 5 N–H and O–H groups in total. The predicted molar refractivity (Wildman–Crippen MR) is 75.1 cm³/mol. The van der Waals surface area contributed by atoms with Crippen LogP contribution in [-0.4, -0.2) is 23.9 Å². The molecule has 1 saturated carbocycles. The maximum absolute atomic E-state index is 11.9. The molecule has 2 amide bonds. The van der Waals surface area contributed by atoms with Crippen LogP contribution in [0.25, 0.3) is 0 Å². The van der Waals surface area contributed by atoms with Crippen LogP contribution in [0.5, 0.6) is 0 Å². The molecule has 1 aliphatic carbocycles. The highest BCUT2D eigenvalue weighted by Crippen LogP contribution is 2.45. The summed E-state index contributed by atoms with van der Waals surface area (Å²) in [6.07, 6.45) is 2.90. The van der Waals surface area contributed by atoms with Gasteiger partial charge in [0.15, 0.2) is 0 Å². The maximum Gasteiger partial charge on any atom is 0.237 e. The van der Waals surface area contributed by atoms with Gasteiger partial charge in [0.25, 0.3) is 0 Å². The molecule has 0 radical (unpaired) electrons. The number of nitrogens with one attached hydrogen (secondary N) is 1. The lowest BCUT2D eigenvalue weighted by Crippen LogP contribution is -2.51. The second-order valence-corrected chi connectivity index (χ2v) is 7.40. The Labute approximate surface area is 115 Å². The molecule has 0 aliphatic heterocycles. The Kier molecular flexibility index (Phi) is 4.61. The second kappa shape index (κ2) is 5.49. The van der Waals surface area contributed by atoms with Crippen LogP contribution in [0.4, 0.5) is 0 Å². The van der Waals surface area contributed by atoms with Gasteiger partial charge in [-0.25, -0.2) is 0 Å². The lowest BCUT2D eigenvalue weighted by atomic mass is 9.63. The fourth-order valence-electron chi connectivity index (χ4n) is 3.57. The summed E-state index contributed by atoms with van der Waals surface area (Å²) >= 11 is 0. The fraction of sp³-hybridized carbons (Fsp3) is 0.857. The van der Waals surface area contributed by atoms with E-state index < -0.39 is 11.9 Å². The lowest BCUT2D eigenvalue weighted by molar-refractivity contribution is -0.127. The minimum atomic E-state index is -0.842. The van der Waals surface area contributed by atoms with Crippen LogP contribution < -0.4 is 16.8 Å². The molecular formula is C14H27N3O2. The third-order valence-corrected chi connectivity index (χ3v) is 3.66. The van der Waals surface area contributed by atoms with E-state index in [1.807, 2.05) is 0 Å². The van der Waals surface area contributed by atoms with Gasteiger partial charge in [-0.15, -0.1) is 0 Å². The Morgan fingerprint density at radius 3 is 2.11 bits per heavy atom. The average molecular weight is 269 g/mol. The smallest absolute Gasteiger partial charge is 0.237 e. The maximum atomic E-state index is 11.9. The topological polar surface area (TPSA) is 98.2 Å². The molecule has 110 valence electrons. The molecule has 19 heavy (non-hydrogen) atoms. The van der Waals surface area contributed by atoms with E-state index in [1.54, 1.807) is 0 Å². The first-order valence-corrected chi connectivity index (χ1v) is 6.85. The number of carbonyl (C=O) groups is 2. The molecule has 1 atom stereocenters. The zero-order chi connectivity index (χ0) is 14.8. The number of hydrogen-bond donors (Lipinski definition) is 3. The van der Waals surface area contributed by atoms with Gasteiger partial charge in [-0.2, -0.15) is 0 Å². The van der Waals surface area contributed by atoms with Gasteiger partial charge >= 0.3 is 0 Å². The molecule has 0 bridgehead atoms. The Morgan fingerprint density at radius 1 is 1.21 bits per heavy atom. The molecule has 5 nitrogen and oxygen atoms in total. The van der Waals surface area contributed by atoms with Gasteiger partial charge in [-0.05, 0) is 30.1 Å². The second-order valence-electron chi connectivity index (χ2n) is 7.40. The first-order valence-electron chi connectivity index (χ1n) is 6.85. The standard InChI is InChI=1S/C14H27N3O2/c1-13(2)6-9(7-14(3,4)8-13)17-12(19)10(15)5-11(16)18/h9-10H,5-8,15H2,1-4H3,(H2,16,18)(H,17,19). The van der Waals surface area contributed by atoms with E-state index in [9.17, 15) is 9.59 Å². The van der Waals surface area contributed by atoms with Crippen molar-refractivity contribution in [3.8, 4) is 0 Å². The van der Waals surface area contributed by atoms with E-state index in [-0.39, 0.29) is 29.2 Å². The monoisotopic (exact) mass is 269 g/mol. The molecule has 0 spiro atoms. The molecule has 0 aromatic rings. The number of nitrogens with two attached hydrogens (primary N) is 2. The van der Waals surface area contributed by atoms with Gasteiger partial charge < -0.3 is 16.8 Å². The summed E-state index contributed by atoms with van der Waals surface area (Å²) < 4.78 is 0. The third-order valence-electron chi connectivity index (χ3n) is 3.66. The van der Waals surface area contributed by atoms with Gasteiger partial charge in [0, 0.05) is 6.04 Å². The summed E-state index contributed by atoms with van der Waals surface area (Å²) in [5, 5.41) is 2.96. The highest BCUT2D eigenvalue weighted by molar-refractivity contribution is 5.87. The number of rotatable bonds is 4. The number of primary amides is 1. The molecule has 0 heterocycles. The van der Waals surface area contributed by atoms with Gasteiger partial charge in [0.1, 0.15) is 0 Å². The molecule has 1 unspecified atom stereocenters. The van der Waals surface area contributed by atoms with Crippen molar-refractivity contribution < 1.29 is 9.59 Å². The highest BCUT2D eigenvalue weighted by Gasteiger charge is 2.39. The number of hydrogen-bond acceptors (Lipinski definition) is 3. The van der Waals surface area contributed by atoms with E-state index >= 15 is 0 Å². The van der Waals surface area contributed by atoms with Crippen molar-refractivity contribution >= 4 is 11.8 Å². The van der Waals surface area contributed by atoms with E-state index in [4.69, 9.17) is 11.5 Å². The van der Waals surface area contributed by atoms with Crippen molar-refractivity contribution in [3.05, 3.63) is 0 Å². The van der Waals surface area contributed by atoms with E-state index in [2.05, 4.69) is 33.0 Å². The summed E-state index contributed by atoms with van der Waals surface area (Å²) in [5.41, 5.74) is 11.1. The van der Waals surface area contributed by atoms with Crippen molar-refractivity contribution in [1.82, 2.24) is 5.32 Å². The number of carbonyl (C=O) groups excluding carboxylic acids is 2. The Balaban J connectivity index is 2.61. The van der Waals surface area contributed by atoms with Gasteiger partial charge in [0.2, 0.25) is 11.8 Å². The molecule has 0 aromatic heterocycles. The quantitative estimate of drug-likeness (QED) is 0.707. The molecule has 0 saturated heterocycles. The van der Waals surface area contributed by atoms with Gasteiger partial charge in [-0.3, -0.25) is 9.59 Å². The van der Waals surface area contributed by atoms with Crippen LogP contribution in [0.15, 0.2) is 0 Å². The first kappa shape index (κ1) is 16.0. The third kappa shape index (κ3) is 5.19. The SMILES string of the molecule is CC1(C)CC(NC(=O)C(N)CC(N)=O)CC(C)(C)C1. The van der Waals surface area contributed by atoms with Crippen molar-refractivity contribution in [1.29, 1.82) is 0 Å². The molecule has 0 aromatic carbocycles. The fourth-order valence-corrected chi connectivity index (χ4v) is 3.57. The normalized spacial score (nSPS) is 23.6. The zero-order valence-electron chi connectivity index (χ0n) is 12.5. The molecule has 5 heteroatoms. The van der Waals surface area contributed by atoms with Crippen LogP contribution in [0.1, 0.15) is 53.4 Å². The summed E-state index contributed by atoms with van der Waals surface area (Å²) in [4.78, 5) is 22.7. The van der Waals surface area contributed by atoms with Gasteiger partial charge in [0.05, 0.1) is 12.5 Å². The predicted octanol–water partition coefficient (Wildman–Crippen LogP) is 0.910. The first-order chi connectivity index (χ1) is 8.51. The molecule has 1 aliphatic rings. The van der Waals surface area contributed by atoms with E-state index in [0.29, 0.717) is 0 Å². The van der Waals surface area contributed by atoms with Crippen molar-refractivity contribution in [3.63, 3.8) is 0 Å².